The molecule has 3 aliphatic heterocycles. The van der Waals surface area contributed by atoms with Crippen LogP contribution in [0.15, 0.2) is 40.8 Å². The Morgan fingerprint density at radius 3 is 3.03 bits per heavy atom. The van der Waals surface area contributed by atoms with Gasteiger partial charge in [0, 0.05) is 37.0 Å². The predicted octanol–water partition coefficient (Wildman–Crippen LogP) is 3.29. The van der Waals surface area contributed by atoms with Crippen molar-refractivity contribution in [3.05, 3.63) is 41.4 Å². The predicted molar refractivity (Wildman–Crippen MR) is 111 cm³/mol. The van der Waals surface area contributed by atoms with Crippen molar-refractivity contribution in [2.75, 3.05) is 11.9 Å². The molecule has 1 fully saturated rings. The molecule has 0 radical (unpaired) electrons. The summed E-state index contributed by atoms with van der Waals surface area (Å²) in [5, 5.41) is 4.85. The van der Waals surface area contributed by atoms with Crippen LogP contribution in [-0.2, 0) is 11.2 Å². The van der Waals surface area contributed by atoms with Gasteiger partial charge in [-0.25, -0.2) is 10.4 Å². The highest BCUT2D eigenvalue weighted by molar-refractivity contribution is 6.06. The van der Waals surface area contributed by atoms with E-state index in [2.05, 4.69) is 22.7 Å². The molecule has 29 heavy (non-hydrogen) atoms. The Hall–Kier alpha value is -2.80. The Bertz CT molecular complexity index is 915. The molecule has 4 aliphatic rings. The van der Waals surface area contributed by atoms with E-state index in [1.807, 2.05) is 24.4 Å². The minimum atomic E-state index is -0.164. The molecule has 0 spiro atoms. The molecule has 7 nitrogen and oxygen atoms in total. The van der Waals surface area contributed by atoms with Crippen molar-refractivity contribution in [2.45, 2.75) is 57.7 Å². The molecule has 2 N–H and O–H groups in total. The number of ether oxygens (including phenoxy) is 2. The van der Waals surface area contributed by atoms with Crippen molar-refractivity contribution >= 4 is 17.8 Å². The first-order valence-electron chi connectivity index (χ1n) is 10.5. The summed E-state index contributed by atoms with van der Waals surface area (Å²) in [6.45, 7) is 2.49. The lowest BCUT2D eigenvalue weighted by atomic mass is 9.97. The lowest BCUT2D eigenvalue weighted by Gasteiger charge is -2.25. The monoisotopic (exact) mass is 394 g/mol. The number of hydrazine groups is 1. The highest BCUT2D eigenvalue weighted by Crippen LogP contribution is 2.39. The zero-order chi connectivity index (χ0) is 19.8. The number of carbonyl (C=O) groups excluding carboxylic acids is 1. The van der Waals surface area contributed by atoms with E-state index >= 15 is 0 Å². The first-order chi connectivity index (χ1) is 14.2. The first kappa shape index (κ1) is 18.2. The van der Waals surface area contributed by atoms with Crippen LogP contribution in [0.25, 0.3) is 0 Å². The van der Waals surface area contributed by atoms with Gasteiger partial charge < -0.3 is 14.8 Å². The molecule has 3 heterocycles. The number of amides is 1. The number of nitrogens with zero attached hydrogens (tertiary/aromatic N) is 2. The highest BCUT2D eigenvalue weighted by atomic mass is 16.5. The number of anilines is 1. The number of fused-ring (bicyclic) bond motifs is 2. The van der Waals surface area contributed by atoms with Crippen LogP contribution in [0.3, 0.4) is 0 Å². The van der Waals surface area contributed by atoms with Crippen molar-refractivity contribution in [1.29, 1.82) is 0 Å². The fourth-order valence-electron chi connectivity index (χ4n) is 4.35. The van der Waals surface area contributed by atoms with Crippen molar-refractivity contribution in [3.63, 3.8) is 0 Å². The lowest BCUT2D eigenvalue weighted by molar-refractivity contribution is -0.112. The quantitative estimate of drug-likeness (QED) is 0.820. The fourth-order valence-corrected chi connectivity index (χ4v) is 4.35. The summed E-state index contributed by atoms with van der Waals surface area (Å²) in [6.07, 6.45) is 12.3. The van der Waals surface area contributed by atoms with E-state index < -0.39 is 0 Å². The summed E-state index contributed by atoms with van der Waals surface area (Å²) < 4.78 is 12.3. The average molecular weight is 394 g/mol. The van der Waals surface area contributed by atoms with Crippen molar-refractivity contribution < 1.29 is 14.3 Å². The standard InChI is InChI=1S/C22H26N4O3/c1-14-10-15-11-18(20(12-19(15)28-14)29-16-6-3-2-4-7-16)25-22(27)17-13-24-26-9-5-8-23-21(17)26/h5,8-9,11-12,14,16,24H,2-4,6-7,10,13H2,1H3,(H,25,27). The van der Waals surface area contributed by atoms with Gasteiger partial charge in [-0.1, -0.05) is 6.42 Å². The van der Waals surface area contributed by atoms with Crippen molar-refractivity contribution in [3.8, 4) is 11.5 Å². The fraction of sp³-hybridized carbons (Fsp3) is 0.455. The third kappa shape index (κ3) is 3.62. The lowest BCUT2D eigenvalue weighted by Crippen LogP contribution is -2.27. The van der Waals surface area contributed by atoms with E-state index in [9.17, 15) is 4.79 Å². The van der Waals surface area contributed by atoms with Gasteiger partial charge in [0.1, 0.15) is 17.6 Å². The summed E-state index contributed by atoms with van der Waals surface area (Å²) >= 11 is 0. The molecule has 0 aromatic heterocycles. The number of allylic oxidation sites excluding steroid dienone is 1. The van der Waals surface area contributed by atoms with Crippen LogP contribution in [0.1, 0.15) is 44.6 Å². The van der Waals surface area contributed by atoms with Gasteiger partial charge in [-0.3, -0.25) is 9.80 Å². The Balaban J connectivity index is 1.42. The first-order valence-corrected chi connectivity index (χ1v) is 10.5. The van der Waals surface area contributed by atoms with E-state index in [0.717, 1.165) is 30.6 Å². The maximum atomic E-state index is 13.1. The number of aliphatic imine (C=N–C) groups is 1. The highest BCUT2D eigenvalue weighted by Gasteiger charge is 2.29. The molecule has 1 atom stereocenters. The van der Waals surface area contributed by atoms with Gasteiger partial charge in [0.25, 0.3) is 5.91 Å². The second kappa shape index (κ2) is 7.55. The van der Waals surface area contributed by atoms with Crippen LogP contribution in [0.5, 0.6) is 11.5 Å². The number of benzene rings is 1. The molecule has 1 aromatic carbocycles. The molecule has 1 saturated carbocycles. The summed E-state index contributed by atoms with van der Waals surface area (Å²) in [4.78, 5) is 17.4. The molecule has 7 heteroatoms. The third-order valence-electron chi connectivity index (χ3n) is 5.81. The number of hydrogen-bond donors (Lipinski definition) is 2. The largest absolute Gasteiger partial charge is 0.490 e. The number of nitrogens with one attached hydrogen (secondary N) is 2. The zero-order valence-electron chi connectivity index (χ0n) is 16.6. The van der Waals surface area contributed by atoms with Gasteiger partial charge in [-0.15, -0.1) is 0 Å². The Labute approximate surface area is 170 Å². The Morgan fingerprint density at radius 2 is 2.17 bits per heavy atom. The van der Waals surface area contributed by atoms with E-state index in [1.165, 1.54) is 19.3 Å². The van der Waals surface area contributed by atoms with Gasteiger partial charge in [0.05, 0.1) is 17.4 Å². The molecule has 152 valence electrons. The smallest absolute Gasteiger partial charge is 0.256 e. The second-order valence-corrected chi connectivity index (χ2v) is 8.05. The Morgan fingerprint density at radius 1 is 1.31 bits per heavy atom. The summed E-state index contributed by atoms with van der Waals surface area (Å²) in [5.74, 6) is 2.03. The molecule has 1 aliphatic carbocycles. The topological polar surface area (TPSA) is 75.2 Å². The zero-order valence-corrected chi connectivity index (χ0v) is 16.6. The van der Waals surface area contributed by atoms with Crippen LogP contribution in [0.4, 0.5) is 5.69 Å². The van der Waals surface area contributed by atoms with Gasteiger partial charge in [0.2, 0.25) is 0 Å². The average Bonchev–Trinajstić information content (AvgIpc) is 3.31. The Kier molecular flexibility index (Phi) is 4.75. The van der Waals surface area contributed by atoms with Crippen LogP contribution in [0, 0.1) is 0 Å². The number of carbonyl (C=O) groups is 1. The second-order valence-electron chi connectivity index (χ2n) is 8.05. The number of hydrogen-bond acceptors (Lipinski definition) is 6. The number of rotatable bonds is 4. The van der Waals surface area contributed by atoms with Gasteiger partial charge >= 0.3 is 0 Å². The normalized spacial score (nSPS) is 23.1. The summed E-state index contributed by atoms with van der Waals surface area (Å²) in [6, 6.07) is 3.95. The molecule has 0 bridgehead atoms. The maximum absolute atomic E-state index is 13.1. The van der Waals surface area contributed by atoms with E-state index in [4.69, 9.17) is 9.47 Å². The van der Waals surface area contributed by atoms with Crippen molar-refractivity contribution in [2.24, 2.45) is 4.99 Å². The molecular weight excluding hydrogens is 368 g/mol. The minimum Gasteiger partial charge on any atom is -0.490 e. The molecular formula is C22H26N4O3. The van der Waals surface area contributed by atoms with E-state index in [-0.39, 0.29) is 18.1 Å². The summed E-state index contributed by atoms with van der Waals surface area (Å²) in [7, 11) is 0. The molecule has 5 rings (SSSR count). The molecule has 1 unspecified atom stereocenters. The minimum absolute atomic E-state index is 0.138. The SMILES string of the molecule is CC1Cc2cc(NC(=O)C3=C4N=CC=CN4NC3)c(OC3CCCCC3)cc2O1. The van der Waals surface area contributed by atoms with Gasteiger partial charge in [-0.05, 0) is 44.7 Å². The molecule has 1 aromatic rings. The van der Waals surface area contributed by atoms with Crippen molar-refractivity contribution in [1.82, 2.24) is 10.4 Å². The van der Waals surface area contributed by atoms with Crippen LogP contribution >= 0.6 is 0 Å². The van der Waals surface area contributed by atoms with Gasteiger partial charge in [0.15, 0.2) is 5.82 Å². The van der Waals surface area contributed by atoms with Crippen LogP contribution in [-0.4, -0.2) is 35.9 Å². The molecule has 0 saturated heterocycles. The van der Waals surface area contributed by atoms with Crippen LogP contribution in [0.2, 0.25) is 0 Å². The van der Waals surface area contributed by atoms with Crippen LogP contribution < -0.4 is 20.2 Å². The van der Waals surface area contributed by atoms with E-state index in [0.29, 0.717) is 29.4 Å². The third-order valence-corrected chi connectivity index (χ3v) is 5.81. The van der Waals surface area contributed by atoms with E-state index in [1.54, 1.807) is 11.2 Å². The van der Waals surface area contributed by atoms with Gasteiger partial charge in [-0.2, -0.15) is 0 Å². The molecule has 1 amide bonds. The summed E-state index contributed by atoms with van der Waals surface area (Å²) in [5.41, 5.74) is 5.57. The maximum Gasteiger partial charge on any atom is 0.256 e.